The van der Waals surface area contributed by atoms with E-state index in [4.69, 9.17) is 11.6 Å². The van der Waals surface area contributed by atoms with Crippen LogP contribution in [0.15, 0.2) is 18.2 Å². The number of amides is 2. The SMILES string of the molecule is CC(C)(C)NC(=O)NCCc1cc(Cl)ccc1F. The second-order valence-corrected chi connectivity index (χ2v) is 5.55. The van der Waals surface area contributed by atoms with E-state index >= 15 is 0 Å². The van der Waals surface area contributed by atoms with Crippen LogP contribution < -0.4 is 10.6 Å². The summed E-state index contributed by atoms with van der Waals surface area (Å²) < 4.78 is 13.4. The third-order valence-corrected chi connectivity index (χ3v) is 2.41. The lowest BCUT2D eigenvalue weighted by Gasteiger charge is -2.20. The summed E-state index contributed by atoms with van der Waals surface area (Å²) in [6, 6.07) is 4.14. The molecule has 0 aliphatic heterocycles. The van der Waals surface area contributed by atoms with Crippen LogP contribution in [0.3, 0.4) is 0 Å². The molecule has 0 aliphatic rings. The monoisotopic (exact) mass is 272 g/mol. The van der Waals surface area contributed by atoms with Gasteiger partial charge in [-0.15, -0.1) is 0 Å². The lowest BCUT2D eigenvalue weighted by Crippen LogP contribution is -2.46. The number of halogens is 2. The molecule has 0 fully saturated rings. The van der Waals surface area contributed by atoms with Crippen LogP contribution in [-0.2, 0) is 6.42 Å². The van der Waals surface area contributed by atoms with Crippen molar-refractivity contribution in [3.8, 4) is 0 Å². The molecule has 0 aliphatic carbocycles. The highest BCUT2D eigenvalue weighted by molar-refractivity contribution is 6.30. The molecule has 0 bridgehead atoms. The summed E-state index contributed by atoms with van der Waals surface area (Å²) in [5.41, 5.74) is 0.212. The highest BCUT2D eigenvalue weighted by Crippen LogP contribution is 2.14. The van der Waals surface area contributed by atoms with Gasteiger partial charge >= 0.3 is 6.03 Å². The fourth-order valence-electron chi connectivity index (χ4n) is 1.43. The van der Waals surface area contributed by atoms with Crippen molar-refractivity contribution in [2.75, 3.05) is 6.54 Å². The van der Waals surface area contributed by atoms with Crippen molar-refractivity contribution in [2.45, 2.75) is 32.7 Å². The molecule has 0 aromatic heterocycles. The molecule has 0 spiro atoms. The van der Waals surface area contributed by atoms with E-state index in [1.807, 2.05) is 20.8 Å². The number of rotatable bonds is 3. The van der Waals surface area contributed by atoms with Gasteiger partial charge in [0.05, 0.1) is 0 Å². The Hall–Kier alpha value is -1.29. The predicted octanol–water partition coefficient (Wildman–Crippen LogP) is 3.12. The van der Waals surface area contributed by atoms with Crippen molar-refractivity contribution in [1.29, 1.82) is 0 Å². The first-order chi connectivity index (χ1) is 8.28. The molecule has 0 atom stereocenters. The molecule has 0 saturated carbocycles. The minimum Gasteiger partial charge on any atom is -0.338 e. The fourth-order valence-corrected chi connectivity index (χ4v) is 1.63. The Morgan fingerprint density at radius 2 is 2.06 bits per heavy atom. The zero-order chi connectivity index (χ0) is 13.8. The lowest BCUT2D eigenvalue weighted by molar-refractivity contribution is 0.232. The summed E-state index contributed by atoms with van der Waals surface area (Å²) in [4.78, 5) is 11.5. The summed E-state index contributed by atoms with van der Waals surface area (Å²) in [6.07, 6.45) is 0.407. The molecule has 0 saturated heterocycles. The van der Waals surface area contributed by atoms with E-state index in [1.165, 1.54) is 12.1 Å². The van der Waals surface area contributed by atoms with Gasteiger partial charge in [-0.3, -0.25) is 0 Å². The van der Waals surface area contributed by atoms with E-state index in [9.17, 15) is 9.18 Å². The Morgan fingerprint density at radius 3 is 2.67 bits per heavy atom. The number of benzene rings is 1. The van der Waals surface area contributed by atoms with Gasteiger partial charge in [0.25, 0.3) is 0 Å². The highest BCUT2D eigenvalue weighted by atomic mass is 35.5. The van der Waals surface area contributed by atoms with Crippen LogP contribution in [-0.4, -0.2) is 18.1 Å². The van der Waals surface area contributed by atoms with E-state index in [0.29, 0.717) is 23.6 Å². The molecule has 2 N–H and O–H groups in total. The van der Waals surface area contributed by atoms with Crippen molar-refractivity contribution >= 4 is 17.6 Å². The summed E-state index contributed by atoms with van der Waals surface area (Å²) in [5.74, 6) is -0.308. The minimum atomic E-state index is -0.308. The number of urea groups is 1. The fraction of sp³-hybridized carbons (Fsp3) is 0.462. The third kappa shape index (κ3) is 5.36. The Bertz CT molecular complexity index is 429. The van der Waals surface area contributed by atoms with Crippen molar-refractivity contribution < 1.29 is 9.18 Å². The number of hydrogen-bond donors (Lipinski definition) is 2. The van der Waals surface area contributed by atoms with E-state index in [1.54, 1.807) is 6.07 Å². The molecule has 18 heavy (non-hydrogen) atoms. The Kier molecular flexibility index (Phi) is 4.96. The maximum absolute atomic E-state index is 13.4. The Balaban J connectivity index is 2.42. The van der Waals surface area contributed by atoms with Crippen LogP contribution in [0.1, 0.15) is 26.3 Å². The highest BCUT2D eigenvalue weighted by Gasteiger charge is 2.13. The van der Waals surface area contributed by atoms with Gasteiger partial charge in [0.2, 0.25) is 0 Å². The van der Waals surface area contributed by atoms with Crippen molar-refractivity contribution in [3.63, 3.8) is 0 Å². The quantitative estimate of drug-likeness (QED) is 0.872. The molecule has 0 radical (unpaired) electrons. The van der Waals surface area contributed by atoms with Crippen LogP contribution in [0.4, 0.5) is 9.18 Å². The average Bonchev–Trinajstić information content (AvgIpc) is 2.20. The lowest BCUT2D eigenvalue weighted by atomic mass is 10.1. The van der Waals surface area contributed by atoms with E-state index in [0.717, 1.165) is 0 Å². The molecule has 3 nitrogen and oxygen atoms in total. The van der Waals surface area contributed by atoms with Crippen molar-refractivity contribution in [2.24, 2.45) is 0 Å². The van der Waals surface area contributed by atoms with Gasteiger partial charge in [-0.1, -0.05) is 11.6 Å². The van der Waals surface area contributed by atoms with Gasteiger partial charge in [-0.2, -0.15) is 0 Å². The first-order valence-electron chi connectivity index (χ1n) is 5.78. The molecule has 1 aromatic carbocycles. The number of nitrogens with one attached hydrogen (secondary N) is 2. The average molecular weight is 273 g/mol. The summed E-state index contributed by atoms with van der Waals surface area (Å²) in [6.45, 7) is 6.04. The second-order valence-electron chi connectivity index (χ2n) is 5.12. The van der Waals surface area contributed by atoms with Crippen LogP contribution in [0, 0.1) is 5.82 Å². The number of carbonyl (C=O) groups is 1. The van der Waals surface area contributed by atoms with Crippen LogP contribution in [0.25, 0.3) is 0 Å². The maximum Gasteiger partial charge on any atom is 0.315 e. The molecule has 0 unspecified atom stereocenters. The smallest absolute Gasteiger partial charge is 0.315 e. The number of hydrogen-bond acceptors (Lipinski definition) is 1. The summed E-state index contributed by atoms with van der Waals surface area (Å²) in [7, 11) is 0. The van der Waals surface area contributed by atoms with Gasteiger partial charge < -0.3 is 10.6 Å². The van der Waals surface area contributed by atoms with Gasteiger partial charge in [0.15, 0.2) is 0 Å². The van der Waals surface area contributed by atoms with Crippen LogP contribution in [0.2, 0.25) is 5.02 Å². The number of carbonyl (C=O) groups excluding carboxylic acids is 1. The first-order valence-corrected chi connectivity index (χ1v) is 6.16. The molecule has 1 rings (SSSR count). The molecular formula is C13H18ClFN2O. The summed E-state index contributed by atoms with van der Waals surface area (Å²) in [5, 5.41) is 5.93. The molecule has 1 aromatic rings. The minimum absolute atomic E-state index is 0.259. The van der Waals surface area contributed by atoms with E-state index in [2.05, 4.69) is 10.6 Å². The Morgan fingerprint density at radius 1 is 1.39 bits per heavy atom. The van der Waals surface area contributed by atoms with Crippen LogP contribution in [0.5, 0.6) is 0 Å². The standard InChI is InChI=1S/C13H18ClFN2O/c1-13(2,3)17-12(18)16-7-6-9-8-10(14)4-5-11(9)15/h4-5,8H,6-7H2,1-3H3,(H2,16,17,18). The Labute approximate surface area is 112 Å². The van der Waals surface area contributed by atoms with Gasteiger partial charge in [0.1, 0.15) is 5.82 Å². The topological polar surface area (TPSA) is 41.1 Å². The van der Waals surface area contributed by atoms with Crippen molar-refractivity contribution in [3.05, 3.63) is 34.6 Å². The molecule has 2 amide bonds. The zero-order valence-electron chi connectivity index (χ0n) is 10.8. The normalized spacial score (nSPS) is 11.2. The largest absolute Gasteiger partial charge is 0.338 e. The second kappa shape index (κ2) is 6.05. The van der Waals surface area contributed by atoms with Gasteiger partial charge in [0, 0.05) is 17.1 Å². The molecular weight excluding hydrogens is 255 g/mol. The van der Waals surface area contributed by atoms with E-state index < -0.39 is 0 Å². The van der Waals surface area contributed by atoms with Crippen molar-refractivity contribution in [1.82, 2.24) is 10.6 Å². The molecule has 5 heteroatoms. The molecule has 0 heterocycles. The molecule has 100 valence electrons. The van der Waals surface area contributed by atoms with E-state index in [-0.39, 0.29) is 17.4 Å². The maximum atomic E-state index is 13.4. The van der Waals surface area contributed by atoms with Crippen LogP contribution >= 0.6 is 11.6 Å². The zero-order valence-corrected chi connectivity index (χ0v) is 11.6. The summed E-state index contributed by atoms with van der Waals surface area (Å²) >= 11 is 5.78. The predicted molar refractivity (Wildman–Crippen MR) is 71.4 cm³/mol. The van der Waals surface area contributed by atoms with Gasteiger partial charge in [-0.25, -0.2) is 9.18 Å². The third-order valence-electron chi connectivity index (χ3n) is 2.18. The van der Waals surface area contributed by atoms with Gasteiger partial charge in [-0.05, 0) is 51.0 Å². The first kappa shape index (κ1) is 14.8.